The number of thiol groups is 1. The fourth-order valence-electron chi connectivity index (χ4n) is 3.81. The SMILES string of the molecule is CCCCCCCCCC[N+](CC)(CCCCCCCCCC)OC.O=[SH](=O)[O-]. The molecular formula is C23H51NO4S. The van der Waals surface area contributed by atoms with E-state index in [-0.39, 0.29) is 0 Å². The van der Waals surface area contributed by atoms with Gasteiger partial charge in [0.1, 0.15) is 19.6 Å². The van der Waals surface area contributed by atoms with Crippen molar-refractivity contribution in [2.45, 2.75) is 124 Å². The topological polar surface area (TPSA) is 66.4 Å². The summed E-state index contributed by atoms with van der Waals surface area (Å²) in [5.41, 5.74) is 0. The van der Waals surface area contributed by atoms with Crippen LogP contribution in [0.2, 0.25) is 0 Å². The van der Waals surface area contributed by atoms with E-state index in [9.17, 15) is 0 Å². The first-order valence-electron chi connectivity index (χ1n) is 12.2. The minimum absolute atomic E-state index is 0.881. The number of rotatable bonds is 20. The lowest BCUT2D eigenvalue weighted by Crippen LogP contribution is -2.48. The fourth-order valence-corrected chi connectivity index (χ4v) is 3.81. The van der Waals surface area contributed by atoms with Crippen LogP contribution < -0.4 is 0 Å². The van der Waals surface area contributed by atoms with Crippen molar-refractivity contribution in [3.63, 3.8) is 0 Å². The molecule has 0 saturated heterocycles. The summed E-state index contributed by atoms with van der Waals surface area (Å²) in [6.07, 6.45) is 22.4. The van der Waals surface area contributed by atoms with Gasteiger partial charge >= 0.3 is 0 Å². The lowest BCUT2D eigenvalue weighted by atomic mass is 10.1. The Bertz CT molecular complexity index is 355. The third-order valence-electron chi connectivity index (χ3n) is 5.80. The van der Waals surface area contributed by atoms with E-state index < -0.39 is 11.0 Å². The highest BCUT2D eigenvalue weighted by molar-refractivity contribution is 7.66. The molecule has 0 heterocycles. The number of hydroxylamine groups is 3. The van der Waals surface area contributed by atoms with Crippen LogP contribution in [0.3, 0.4) is 0 Å². The summed E-state index contributed by atoms with van der Waals surface area (Å²) in [5.74, 6) is 0. The lowest BCUT2D eigenvalue weighted by molar-refractivity contribution is -1.10. The van der Waals surface area contributed by atoms with Gasteiger partial charge in [0, 0.05) is 0 Å². The Morgan fingerprint density at radius 3 is 1.14 bits per heavy atom. The zero-order valence-electron chi connectivity index (χ0n) is 20.0. The number of nitrogens with zero attached hydrogens (tertiary/aromatic N) is 1. The molecule has 0 aromatic carbocycles. The van der Waals surface area contributed by atoms with Crippen LogP contribution in [-0.4, -0.2) is 44.4 Å². The summed E-state index contributed by atoms with van der Waals surface area (Å²) in [6.45, 7) is 10.4. The molecule has 5 nitrogen and oxygen atoms in total. The molecule has 0 aromatic rings. The van der Waals surface area contributed by atoms with Crippen molar-refractivity contribution < 1.29 is 22.5 Å². The highest BCUT2D eigenvalue weighted by Crippen LogP contribution is 2.16. The Hall–Kier alpha value is -0.170. The Labute approximate surface area is 183 Å². The van der Waals surface area contributed by atoms with Gasteiger partial charge in [-0.1, -0.05) is 90.9 Å². The summed E-state index contributed by atoms with van der Waals surface area (Å²) in [4.78, 5) is 5.94. The van der Waals surface area contributed by atoms with Crippen molar-refractivity contribution in [1.82, 2.24) is 0 Å². The molecule has 0 unspecified atom stereocenters. The molecular weight excluding hydrogens is 386 g/mol. The van der Waals surface area contributed by atoms with Crippen LogP contribution in [0, 0.1) is 0 Å². The van der Waals surface area contributed by atoms with Crippen molar-refractivity contribution in [2.75, 3.05) is 26.7 Å². The van der Waals surface area contributed by atoms with Gasteiger partial charge in [-0.05, 0) is 32.6 Å². The fraction of sp³-hybridized carbons (Fsp3) is 1.00. The highest BCUT2D eigenvalue weighted by atomic mass is 32.2. The van der Waals surface area contributed by atoms with E-state index in [0.717, 1.165) is 11.2 Å². The average molecular weight is 438 g/mol. The molecule has 0 spiro atoms. The largest absolute Gasteiger partial charge is 0.750 e. The van der Waals surface area contributed by atoms with Crippen LogP contribution in [0.25, 0.3) is 0 Å². The van der Waals surface area contributed by atoms with Crippen molar-refractivity contribution >= 4 is 11.0 Å². The van der Waals surface area contributed by atoms with Gasteiger partial charge in [-0.25, -0.2) is 13.3 Å². The molecule has 6 heteroatoms. The minimum atomic E-state index is -3.37. The number of hydrogen-bond acceptors (Lipinski definition) is 4. The quantitative estimate of drug-likeness (QED) is 0.0787. The van der Waals surface area contributed by atoms with Crippen LogP contribution in [-0.2, 0) is 15.8 Å². The van der Waals surface area contributed by atoms with Crippen LogP contribution in [0.1, 0.15) is 124 Å². The molecule has 0 aromatic heterocycles. The highest BCUT2D eigenvalue weighted by Gasteiger charge is 2.24. The van der Waals surface area contributed by atoms with Gasteiger partial charge < -0.3 is 4.55 Å². The minimum Gasteiger partial charge on any atom is -0.750 e. The number of quaternary nitrogens is 1. The molecule has 0 rings (SSSR count). The predicted molar refractivity (Wildman–Crippen MR) is 124 cm³/mol. The molecule has 0 amide bonds. The van der Waals surface area contributed by atoms with Crippen molar-refractivity contribution in [3.05, 3.63) is 0 Å². The van der Waals surface area contributed by atoms with Crippen molar-refractivity contribution in [1.29, 1.82) is 0 Å². The van der Waals surface area contributed by atoms with Crippen LogP contribution >= 0.6 is 0 Å². The van der Waals surface area contributed by atoms with Gasteiger partial charge in [0.25, 0.3) is 0 Å². The van der Waals surface area contributed by atoms with E-state index in [4.69, 9.17) is 17.8 Å². The third-order valence-corrected chi connectivity index (χ3v) is 5.80. The van der Waals surface area contributed by atoms with Crippen molar-refractivity contribution in [2.24, 2.45) is 0 Å². The van der Waals surface area contributed by atoms with E-state index in [1.165, 1.54) is 116 Å². The molecule has 0 aliphatic rings. The second kappa shape index (κ2) is 24.1. The standard InChI is InChI=1S/C23H50NO.H2O3S/c1-5-8-10-12-14-16-18-20-22-24(7-3,25-4)23-21-19-17-15-13-11-9-6-2;1-4(2)3/h5-23H2,1-4H3;4H,(H,1,2,3)/q+1;/p-1. The smallest absolute Gasteiger partial charge is 0.109 e. The second-order valence-electron chi connectivity index (χ2n) is 8.18. The molecule has 0 N–H and O–H groups in total. The first-order valence-corrected chi connectivity index (χ1v) is 13.3. The third kappa shape index (κ3) is 24.0. The van der Waals surface area contributed by atoms with Gasteiger partial charge in [0.05, 0.1) is 18.1 Å². The molecule has 0 bridgehead atoms. The first-order chi connectivity index (χ1) is 14.0. The first kappa shape index (κ1) is 31.0. The summed E-state index contributed by atoms with van der Waals surface area (Å²) in [6, 6.07) is 0. The molecule has 0 aliphatic carbocycles. The Balaban J connectivity index is 0. The maximum atomic E-state index is 8.48. The maximum Gasteiger partial charge on any atom is 0.109 e. The van der Waals surface area contributed by atoms with E-state index in [1.54, 1.807) is 0 Å². The normalized spacial score (nSPS) is 11.5. The molecule has 29 heavy (non-hydrogen) atoms. The molecule has 178 valence electrons. The van der Waals surface area contributed by atoms with E-state index in [2.05, 4.69) is 20.8 Å². The predicted octanol–water partition coefficient (Wildman–Crippen LogP) is 6.39. The molecule has 0 aliphatic heterocycles. The summed E-state index contributed by atoms with van der Waals surface area (Å²) in [5, 5.41) is 0. The van der Waals surface area contributed by atoms with Gasteiger partial charge in [0.15, 0.2) is 0 Å². The molecule has 0 fully saturated rings. The van der Waals surface area contributed by atoms with Gasteiger partial charge in [-0.15, -0.1) is 0 Å². The van der Waals surface area contributed by atoms with Gasteiger partial charge in [0.2, 0.25) is 0 Å². The summed E-state index contributed by atoms with van der Waals surface area (Å²) >= 11 is 0. The van der Waals surface area contributed by atoms with Crippen LogP contribution in [0.5, 0.6) is 0 Å². The maximum absolute atomic E-state index is 8.48. The zero-order chi connectivity index (χ0) is 22.2. The Kier molecular flexibility index (Phi) is 25.8. The number of unbranched alkanes of at least 4 members (excludes halogenated alkanes) is 14. The summed E-state index contributed by atoms with van der Waals surface area (Å²) in [7, 11) is -1.45. The van der Waals surface area contributed by atoms with E-state index >= 15 is 0 Å². The monoisotopic (exact) mass is 437 g/mol. The molecule has 0 saturated carbocycles. The summed E-state index contributed by atoms with van der Waals surface area (Å²) < 4.78 is 26.3. The van der Waals surface area contributed by atoms with E-state index in [1.807, 2.05) is 7.11 Å². The van der Waals surface area contributed by atoms with Gasteiger partial charge in [-0.2, -0.15) is 4.65 Å². The Morgan fingerprint density at radius 1 is 0.621 bits per heavy atom. The molecule has 0 atom stereocenters. The van der Waals surface area contributed by atoms with E-state index in [0.29, 0.717) is 0 Å². The van der Waals surface area contributed by atoms with Crippen molar-refractivity contribution in [3.8, 4) is 0 Å². The second-order valence-corrected chi connectivity index (χ2v) is 8.62. The average Bonchev–Trinajstić information content (AvgIpc) is 2.70. The Morgan fingerprint density at radius 2 is 0.897 bits per heavy atom. The lowest BCUT2D eigenvalue weighted by Gasteiger charge is -2.33. The molecule has 0 radical (unpaired) electrons. The zero-order valence-corrected chi connectivity index (χ0v) is 20.9. The van der Waals surface area contributed by atoms with Gasteiger partial charge in [-0.3, -0.25) is 0 Å². The number of hydrogen-bond donors (Lipinski definition) is 1. The van der Waals surface area contributed by atoms with Crippen LogP contribution in [0.15, 0.2) is 0 Å². The van der Waals surface area contributed by atoms with Crippen LogP contribution in [0.4, 0.5) is 0 Å².